The van der Waals surface area contributed by atoms with Gasteiger partial charge in [0.15, 0.2) is 0 Å². The number of nitrogens with zero attached hydrogens (tertiary/aromatic N) is 3. The molecule has 0 aliphatic heterocycles. The Morgan fingerprint density at radius 1 is 1.19 bits per heavy atom. The van der Waals surface area contributed by atoms with Gasteiger partial charge in [0.1, 0.15) is 11.4 Å². The van der Waals surface area contributed by atoms with Gasteiger partial charge in [-0.25, -0.2) is 0 Å². The van der Waals surface area contributed by atoms with Crippen molar-refractivity contribution in [2.24, 2.45) is 7.05 Å². The number of carbonyl (C=O) groups is 1. The Morgan fingerprint density at radius 3 is 2.46 bits per heavy atom. The van der Waals surface area contributed by atoms with Gasteiger partial charge in [-0.1, -0.05) is 18.2 Å². The first-order valence-corrected chi connectivity index (χ1v) is 8.71. The number of benzene rings is 1. The first kappa shape index (κ1) is 18.2. The van der Waals surface area contributed by atoms with Crippen LogP contribution in [0.25, 0.3) is 10.6 Å². The Kier molecular flexibility index (Phi) is 4.86. The molecular weight excluding hydrogens is 363 g/mol. The lowest BCUT2D eigenvalue weighted by molar-refractivity contribution is -0.143. The standard InChI is InChI=1S/C18H16F3N3OS/c1-3-24(12-7-5-4-6-8-12)17(25)15-10-9-14(26-15)13-11-16(18(19,20)21)23(2)22-13/h4-11H,3H2,1-2H3. The van der Waals surface area contributed by atoms with Gasteiger partial charge in [-0.05, 0) is 37.3 Å². The smallest absolute Gasteiger partial charge is 0.308 e. The maximum Gasteiger partial charge on any atom is 0.433 e. The molecule has 0 radical (unpaired) electrons. The molecular formula is C18H16F3N3OS. The fraction of sp³-hybridized carbons (Fsp3) is 0.222. The quantitative estimate of drug-likeness (QED) is 0.651. The summed E-state index contributed by atoms with van der Waals surface area (Å²) in [7, 11) is 1.25. The van der Waals surface area contributed by atoms with Crippen LogP contribution < -0.4 is 4.90 Å². The van der Waals surface area contributed by atoms with E-state index in [1.165, 1.54) is 7.05 Å². The summed E-state index contributed by atoms with van der Waals surface area (Å²) in [6.07, 6.45) is -4.47. The molecule has 0 saturated carbocycles. The molecule has 0 atom stereocenters. The third-order valence-corrected chi connectivity index (χ3v) is 4.96. The SMILES string of the molecule is CCN(C(=O)c1ccc(-c2cc(C(F)(F)F)n(C)n2)s1)c1ccccc1. The normalized spacial score (nSPS) is 11.6. The van der Waals surface area contributed by atoms with Crippen molar-refractivity contribution in [2.75, 3.05) is 11.4 Å². The first-order valence-electron chi connectivity index (χ1n) is 7.89. The van der Waals surface area contributed by atoms with E-state index in [-0.39, 0.29) is 11.6 Å². The predicted octanol–water partition coefficient (Wildman–Crippen LogP) is 4.83. The summed E-state index contributed by atoms with van der Waals surface area (Å²) < 4.78 is 39.6. The zero-order valence-electron chi connectivity index (χ0n) is 14.1. The molecule has 4 nitrogen and oxygen atoms in total. The zero-order chi connectivity index (χ0) is 18.9. The maximum atomic E-state index is 12.9. The van der Waals surface area contributed by atoms with Gasteiger partial charge in [0, 0.05) is 19.3 Å². The molecule has 26 heavy (non-hydrogen) atoms. The van der Waals surface area contributed by atoms with Gasteiger partial charge in [0.05, 0.1) is 9.75 Å². The molecule has 0 N–H and O–H groups in total. The van der Waals surface area contributed by atoms with Crippen LogP contribution in [0.2, 0.25) is 0 Å². The molecule has 0 spiro atoms. The Hall–Kier alpha value is -2.61. The highest BCUT2D eigenvalue weighted by molar-refractivity contribution is 7.17. The molecule has 1 amide bonds. The van der Waals surface area contributed by atoms with Crippen LogP contribution in [-0.2, 0) is 13.2 Å². The number of amides is 1. The molecule has 2 heterocycles. The monoisotopic (exact) mass is 379 g/mol. The van der Waals surface area contributed by atoms with Crippen molar-refractivity contribution in [3.8, 4) is 10.6 Å². The van der Waals surface area contributed by atoms with Crippen molar-refractivity contribution in [3.05, 3.63) is 59.1 Å². The van der Waals surface area contributed by atoms with E-state index in [1.807, 2.05) is 37.3 Å². The number of para-hydroxylation sites is 1. The molecule has 3 rings (SSSR count). The number of alkyl halides is 3. The maximum absolute atomic E-state index is 12.9. The molecule has 0 fully saturated rings. The second-order valence-corrected chi connectivity index (χ2v) is 6.67. The minimum Gasteiger partial charge on any atom is -0.308 e. The van der Waals surface area contributed by atoms with E-state index in [9.17, 15) is 18.0 Å². The van der Waals surface area contributed by atoms with E-state index in [2.05, 4.69) is 5.10 Å². The largest absolute Gasteiger partial charge is 0.433 e. The number of anilines is 1. The van der Waals surface area contributed by atoms with E-state index >= 15 is 0 Å². The highest BCUT2D eigenvalue weighted by Gasteiger charge is 2.35. The fourth-order valence-electron chi connectivity index (χ4n) is 2.63. The Balaban J connectivity index is 1.89. The third-order valence-electron chi connectivity index (χ3n) is 3.87. The molecule has 136 valence electrons. The van der Waals surface area contributed by atoms with Gasteiger partial charge < -0.3 is 4.90 Å². The minimum atomic E-state index is -4.47. The number of hydrogen-bond donors (Lipinski definition) is 0. The molecule has 0 unspecified atom stereocenters. The van der Waals surface area contributed by atoms with Gasteiger partial charge >= 0.3 is 6.18 Å². The van der Waals surface area contributed by atoms with E-state index < -0.39 is 11.9 Å². The molecule has 0 aliphatic carbocycles. The van der Waals surface area contributed by atoms with Crippen molar-refractivity contribution in [2.45, 2.75) is 13.1 Å². The van der Waals surface area contributed by atoms with E-state index in [4.69, 9.17) is 0 Å². The van der Waals surface area contributed by atoms with Crippen molar-refractivity contribution >= 4 is 22.9 Å². The first-order chi connectivity index (χ1) is 12.3. The lowest BCUT2D eigenvalue weighted by atomic mass is 10.2. The summed E-state index contributed by atoms with van der Waals surface area (Å²) in [6, 6.07) is 13.5. The van der Waals surface area contributed by atoms with Crippen LogP contribution in [0.1, 0.15) is 22.3 Å². The van der Waals surface area contributed by atoms with Crippen LogP contribution in [0.15, 0.2) is 48.5 Å². The Bertz CT molecular complexity index is 915. The summed E-state index contributed by atoms with van der Waals surface area (Å²) >= 11 is 1.13. The summed E-state index contributed by atoms with van der Waals surface area (Å²) in [6.45, 7) is 2.35. The minimum absolute atomic E-state index is 0.193. The fourth-order valence-corrected chi connectivity index (χ4v) is 3.54. The number of aromatic nitrogens is 2. The Labute approximate surface area is 152 Å². The molecule has 0 aliphatic rings. The third kappa shape index (κ3) is 3.50. The molecule has 0 bridgehead atoms. The van der Waals surface area contributed by atoms with Gasteiger partial charge in [0.2, 0.25) is 0 Å². The molecule has 8 heteroatoms. The average Bonchev–Trinajstić information content (AvgIpc) is 3.22. The van der Waals surface area contributed by atoms with E-state index in [0.717, 1.165) is 27.8 Å². The summed E-state index contributed by atoms with van der Waals surface area (Å²) in [5, 5.41) is 3.93. The molecule has 3 aromatic rings. The van der Waals surface area contributed by atoms with Crippen molar-refractivity contribution in [1.29, 1.82) is 0 Å². The lowest BCUT2D eigenvalue weighted by Crippen LogP contribution is -2.29. The highest BCUT2D eigenvalue weighted by atomic mass is 32.1. The van der Waals surface area contributed by atoms with Crippen molar-refractivity contribution < 1.29 is 18.0 Å². The summed E-state index contributed by atoms with van der Waals surface area (Å²) in [4.78, 5) is 15.4. The van der Waals surface area contributed by atoms with Gasteiger partial charge in [0.25, 0.3) is 5.91 Å². The van der Waals surface area contributed by atoms with Crippen LogP contribution >= 0.6 is 11.3 Å². The van der Waals surface area contributed by atoms with E-state index in [1.54, 1.807) is 17.0 Å². The molecule has 1 aromatic carbocycles. The van der Waals surface area contributed by atoms with Gasteiger partial charge in [-0.2, -0.15) is 18.3 Å². The summed E-state index contributed by atoms with van der Waals surface area (Å²) in [5.41, 5.74) is 0.145. The van der Waals surface area contributed by atoms with Gasteiger partial charge in [-0.15, -0.1) is 11.3 Å². The number of aryl methyl sites for hydroxylation is 1. The highest BCUT2D eigenvalue weighted by Crippen LogP contribution is 2.34. The lowest BCUT2D eigenvalue weighted by Gasteiger charge is -2.20. The Morgan fingerprint density at radius 2 is 1.88 bits per heavy atom. The predicted molar refractivity (Wildman–Crippen MR) is 95.3 cm³/mol. The average molecular weight is 379 g/mol. The van der Waals surface area contributed by atoms with E-state index in [0.29, 0.717) is 16.3 Å². The number of carbonyl (C=O) groups excluding carboxylic acids is 1. The topological polar surface area (TPSA) is 38.1 Å². The van der Waals surface area contributed by atoms with Crippen LogP contribution in [0.3, 0.4) is 0 Å². The van der Waals surface area contributed by atoms with Crippen LogP contribution in [0, 0.1) is 0 Å². The van der Waals surface area contributed by atoms with Gasteiger partial charge in [-0.3, -0.25) is 9.48 Å². The zero-order valence-corrected chi connectivity index (χ0v) is 14.9. The number of halogens is 3. The number of rotatable bonds is 4. The van der Waals surface area contributed by atoms with Crippen molar-refractivity contribution in [3.63, 3.8) is 0 Å². The molecule has 0 saturated heterocycles. The molecule has 2 aromatic heterocycles. The number of thiophene rings is 1. The second kappa shape index (κ2) is 6.95. The van der Waals surface area contributed by atoms with Crippen molar-refractivity contribution in [1.82, 2.24) is 9.78 Å². The van der Waals surface area contributed by atoms with Crippen LogP contribution in [0.4, 0.5) is 18.9 Å². The second-order valence-electron chi connectivity index (χ2n) is 5.59. The number of hydrogen-bond acceptors (Lipinski definition) is 3. The van der Waals surface area contributed by atoms with Crippen LogP contribution in [-0.4, -0.2) is 22.2 Å². The summed E-state index contributed by atoms with van der Waals surface area (Å²) in [5.74, 6) is -0.193. The van der Waals surface area contributed by atoms with Crippen LogP contribution in [0.5, 0.6) is 0 Å².